The van der Waals surface area contributed by atoms with Gasteiger partial charge in [-0.1, -0.05) is 0 Å². The van der Waals surface area contributed by atoms with Crippen LogP contribution in [0, 0.1) is 0 Å². The zero-order chi connectivity index (χ0) is 16.7. The number of hydrogen-bond donors (Lipinski definition) is 0. The second-order valence-electron chi connectivity index (χ2n) is 6.82. The molecule has 0 heterocycles. The Morgan fingerprint density at radius 1 is 0.739 bits per heavy atom. The molecule has 0 aromatic carbocycles. The van der Waals surface area contributed by atoms with Gasteiger partial charge in [0.25, 0.3) is 0 Å². The Balaban J connectivity index is 2.17. The van der Waals surface area contributed by atoms with Crippen molar-refractivity contribution in [3.63, 3.8) is 0 Å². The molecule has 0 radical (unpaired) electrons. The van der Waals surface area contributed by atoms with Crippen LogP contribution in [0.4, 0.5) is 0 Å². The van der Waals surface area contributed by atoms with Gasteiger partial charge in [0, 0.05) is 0 Å². The van der Waals surface area contributed by atoms with Crippen LogP contribution >= 0.6 is 0 Å². The van der Waals surface area contributed by atoms with E-state index in [-0.39, 0.29) is 0 Å². The number of rotatable bonds is 10. The summed E-state index contributed by atoms with van der Waals surface area (Å²) in [6.07, 6.45) is 18.2. The molecule has 0 aliphatic heterocycles. The molecular formula is C22H34Zr. The molecule has 23 heavy (non-hydrogen) atoms. The third-order valence-electron chi connectivity index (χ3n) is 5.23. The van der Waals surface area contributed by atoms with Crippen LogP contribution in [0.25, 0.3) is 0 Å². The fraction of sp³-hybridized carbons (Fsp3) is 0.636. The number of unbranched alkanes of at least 4 members (excludes halogenated alkanes) is 2. The van der Waals surface area contributed by atoms with Crippen LogP contribution in [-0.2, 0) is 23.2 Å². The Morgan fingerprint density at radius 3 is 1.52 bits per heavy atom. The van der Waals surface area contributed by atoms with Gasteiger partial charge in [0.15, 0.2) is 0 Å². The van der Waals surface area contributed by atoms with E-state index < -0.39 is 23.2 Å². The van der Waals surface area contributed by atoms with Crippen LogP contribution in [0.3, 0.4) is 0 Å². The molecule has 0 amide bonds. The summed E-state index contributed by atoms with van der Waals surface area (Å²) in [7, 11) is 0. The number of hydrogen-bond acceptors (Lipinski definition) is 0. The average molecular weight is 390 g/mol. The van der Waals surface area contributed by atoms with Gasteiger partial charge in [-0.3, -0.25) is 0 Å². The maximum atomic E-state index is 2.55. The van der Waals surface area contributed by atoms with Crippen molar-refractivity contribution in [2.75, 3.05) is 0 Å². The normalized spacial score (nSPS) is 17.9. The Kier molecular flexibility index (Phi) is 8.31. The molecule has 2 rings (SSSR count). The summed E-state index contributed by atoms with van der Waals surface area (Å²) in [5.74, 6) is 0. The van der Waals surface area contributed by atoms with Crippen LogP contribution in [-0.4, -0.2) is 0 Å². The molecule has 0 aromatic heterocycles. The van der Waals surface area contributed by atoms with E-state index in [1.54, 1.807) is 22.3 Å². The molecule has 0 nitrogen and oxygen atoms in total. The van der Waals surface area contributed by atoms with Crippen LogP contribution in [0.1, 0.15) is 91.9 Å². The van der Waals surface area contributed by atoms with Crippen molar-refractivity contribution in [1.29, 1.82) is 0 Å². The fourth-order valence-electron chi connectivity index (χ4n) is 3.81. The predicted molar refractivity (Wildman–Crippen MR) is 99.1 cm³/mol. The van der Waals surface area contributed by atoms with Gasteiger partial charge in [0.1, 0.15) is 0 Å². The molecule has 0 unspecified atom stereocenters. The summed E-state index contributed by atoms with van der Waals surface area (Å²) in [5.41, 5.74) is 6.97. The molecule has 2 aliphatic carbocycles. The third-order valence-corrected chi connectivity index (χ3v) is 9.20. The average Bonchev–Trinajstić information content (AvgIpc) is 3.14. The molecule has 0 spiro atoms. The van der Waals surface area contributed by atoms with Crippen LogP contribution in [0.5, 0.6) is 0 Å². The van der Waals surface area contributed by atoms with Gasteiger partial charge in [-0.2, -0.15) is 0 Å². The zero-order valence-electron chi connectivity index (χ0n) is 15.7. The van der Waals surface area contributed by atoms with E-state index in [4.69, 9.17) is 0 Å². The molecule has 0 N–H and O–H groups in total. The quantitative estimate of drug-likeness (QED) is 0.364. The molecular weight excluding hydrogens is 355 g/mol. The van der Waals surface area contributed by atoms with Crippen LogP contribution in [0.2, 0.25) is 0 Å². The van der Waals surface area contributed by atoms with Gasteiger partial charge in [-0.15, -0.1) is 0 Å². The van der Waals surface area contributed by atoms with E-state index in [9.17, 15) is 0 Å². The molecule has 0 saturated heterocycles. The third kappa shape index (κ3) is 4.91. The summed E-state index contributed by atoms with van der Waals surface area (Å²) >= 11 is -0.541. The molecule has 1 heteroatoms. The van der Waals surface area contributed by atoms with Crippen molar-refractivity contribution in [1.82, 2.24) is 0 Å². The van der Waals surface area contributed by atoms with Gasteiger partial charge in [0.05, 0.1) is 0 Å². The summed E-state index contributed by atoms with van der Waals surface area (Å²) in [6.45, 7) is 9.32. The molecule has 126 valence electrons. The Bertz CT molecular complexity index is 480. The van der Waals surface area contributed by atoms with Crippen molar-refractivity contribution >= 4 is 0 Å². The molecule has 2 aliphatic rings. The minimum atomic E-state index is -0.541. The molecule has 0 saturated carbocycles. The van der Waals surface area contributed by atoms with Gasteiger partial charge in [0.2, 0.25) is 0 Å². The second-order valence-corrected chi connectivity index (χ2v) is 10.4. The predicted octanol–water partition coefficient (Wildman–Crippen LogP) is 7.44. The second kappa shape index (κ2) is 9.98. The maximum absolute atomic E-state index is 2.55. The van der Waals surface area contributed by atoms with Crippen molar-refractivity contribution < 1.29 is 23.2 Å². The molecule has 0 aromatic rings. The van der Waals surface area contributed by atoms with Gasteiger partial charge >= 0.3 is 156 Å². The summed E-state index contributed by atoms with van der Waals surface area (Å²) in [5, 5.41) is 0. The number of allylic oxidation sites excluding steroid dienone is 8. The van der Waals surface area contributed by atoms with Crippen molar-refractivity contribution in [3.8, 4) is 0 Å². The molecule has 0 bridgehead atoms. The Hall–Kier alpha value is -0.157. The van der Waals surface area contributed by atoms with Crippen molar-refractivity contribution in [2.24, 2.45) is 0 Å². The summed E-state index contributed by atoms with van der Waals surface area (Å²) in [4.78, 5) is 0. The minimum absolute atomic E-state index is 0.541. The SMILES string of the molecule is CCCCC1=[C]([Zr][C]2=C(CCCC)C(CC)=CC2)CC=C1CC. The fourth-order valence-corrected chi connectivity index (χ4v) is 7.86. The zero-order valence-corrected chi connectivity index (χ0v) is 18.2. The van der Waals surface area contributed by atoms with Crippen molar-refractivity contribution in [3.05, 3.63) is 41.0 Å². The van der Waals surface area contributed by atoms with E-state index in [1.165, 1.54) is 64.2 Å². The first-order valence-corrected chi connectivity index (χ1v) is 12.3. The van der Waals surface area contributed by atoms with Crippen LogP contribution in [0.15, 0.2) is 41.0 Å². The van der Waals surface area contributed by atoms with E-state index in [0.717, 1.165) is 0 Å². The molecule has 0 atom stereocenters. The first-order valence-electron chi connectivity index (χ1n) is 9.84. The van der Waals surface area contributed by atoms with Crippen LogP contribution < -0.4 is 0 Å². The molecule has 0 fully saturated rings. The summed E-state index contributed by atoms with van der Waals surface area (Å²) < 4.78 is 3.82. The van der Waals surface area contributed by atoms with Crippen molar-refractivity contribution in [2.45, 2.75) is 91.9 Å². The van der Waals surface area contributed by atoms with Gasteiger partial charge in [-0.05, 0) is 0 Å². The van der Waals surface area contributed by atoms with E-state index in [1.807, 2.05) is 6.56 Å². The van der Waals surface area contributed by atoms with Gasteiger partial charge in [-0.25, -0.2) is 0 Å². The van der Waals surface area contributed by atoms with Gasteiger partial charge < -0.3 is 0 Å². The topological polar surface area (TPSA) is 0 Å². The standard InChI is InChI=1S/2C11H17.Zr/c2*1-3-5-7-11-9-6-8-10(11)4-2;/h2*8H,3-7H2,1-2H3;. The summed E-state index contributed by atoms with van der Waals surface area (Å²) in [6, 6.07) is 0. The van der Waals surface area contributed by atoms with E-state index >= 15 is 0 Å². The monoisotopic (exact) mass is 388 g/mol. The Morgan fingerprint density at radius 2 is 1.17 bits per heavy atom. The Labute approximate surface area is 155 Å². The van der Waals surface area contributed by atoms with E-state index in [0.29, 0.717) is 0 Å². The first kappa shape index (κ1) is 19.2. The van der Waals surface area contributed by atoms with E-state index in [2.05, 4.69) is 39.8 Å². The first-order chi connectivity index (χ1) is 11.2.